The molecule has 0 bridgehead atoms. The second-order valence-electron chi connectivity index (χ2n) is 4.03. The molecule has 0 amide bonds. The fourth-order valence-corrected chi connectivity index (χ4v) is 2.43. The van der Waals surface area contributed by atoms with Crippen molar-refractivity contribution in [1.29, 1.82) is 0 Å². The van der Waals surface area contributed by atoms with E-state index in [1.807, 2.05) is 37.8 Å². The molecular formula is C12H16BrN3O. The second-order valence-corrected chi connectivity index (χ2v) is 4.82. The van der Waals surface area contributed by atoms with E-state index in [4.69, 9.17) is 4.42 Å². The summed E-state index contributed by atoms with van der Waals surface area (Å²) in [4.78, 5) is 0. The van der Waals surface area contributed by atoms with Gasteiger partial charge in [0, 0.05) is 13.5 Å². The van der Waals surface area contributed by atoms with Crippen LogP contribution in [0.4, 0.5) is 0 Å². The molecule has 17 heavy (non-hydrogen) atoms. The normalized spacial score (nSPS) is 12.9. The lowest BCUT2D eigenvalue weighted by molar-refractivity contribution is 0.423. The average molecular weight is 298 g/mol. The van der Waals surface area contributed by atoms with Gasteiger partial charge in [-0.2, -0.15) is 5.10 Å². The molecule has 5 heteroatoms. The van der Waals surface area contributed by atoms with Gasteiger partial charge in [0.05, 0.1) is 28.2 Å². The highest BCUT2D eigenvalue weighted by atomic mass is 79.9. The molecule has 0 aliphatic rings. The highest BCUT2D eigenvalue weighted by molar-refractivity contribution is 9.10. The quantitative estimate of drug-likeness (QED) is 0.943. The fraction of sp³-hybridized carbons (Fsp3) is 0.417. The van der Waals surface area contributed by atoms with Crippen LogP contribution in [0.2, 0.25) is 0 Å². The Labute approximate surface area is 109 Å². The Morgan fingerprint density at radius 1 is 1.59 bits per heavy atom. The molecule has 1 unspecified atom stereocenters. The average Bonchev–Trinajstić information content (AvgIpc) is 2.89. The molecular weight excluding hydrogens is 282 g/mol. The number of aryl methyl sites for hydroxylation is 2. The summed E-state index contributed by atoms with van der Waals surface area (Å²) in [5.41, 5.74) is 2.18. The van der Waals surface area contributed by atoms with Crippen molar-refractivity contribution in [2.75, 3.05) is 7.05 Å². The van der Waals surface area contributed by atoms with Crippen LogP contribution in [0.25, 0.3) is 0 Å². The summed E-state index contributed by atoms with van der Waals surface area (Å²) < 4.78 is 8.42. The Morgan fingerprint density at radius 2 is 2.35 bits per heavy atom. The summed E-state index contributed by atoms with van der Waals surface area (Å²) in [5, 5.41) is 7.65. The maximum atomic E-state index is 5.44. The third-order valence-electron chi connectivity index (χ3n) is 2.89. The number of hydrogen-bond donors (Lipinski definition) is 1. The van der Waals surface area contributed by atoms with E-state index < -0.39 is 0 Å². The molecule has 4 nitrogen and oxygen atoms in total. The Morgan fingerprint density at radius 3 is 2.82 bits per heavy atom. The number of hydrogen-bond acceptors (Lipinski definition) is 3. The Kier molecular flexibility index (Phi) is 3.69. The lowest BCUT2D eigenvalue weighted by atomic mass is 10.1. The van der Waals surface area contributed by atoms with E-state index >= 15 is 0 Å². The van der Waals surface area contributed by atoms with E-state index in [1.165, 1.54) is 5.69 Å². The highest BCUT2D eigenvalue weighted by Gasteiger charge is 2.18. The van der Waals surface area contributed by atoms with Crippen LogP contribution in [0, 0.1) is 6.92 Å². The van der Waals surface area contributed by atoms with Gasteiger partial charge < -0.3 is 9.73 Å². The van der Waals surface area contributed by atoms with Gasteiger partial charge in [0.25, 0.3) is 0 Å². The van der Waals surface area contributed by atoms with E-state index in [2.05, 4.69) is 26.3 Å². The van der Waals surface area contributed by atoms with Crippen LogP contribution in [0.5, 0.6) is 0 Å². The number of halogens is 1. The molecule has 2 aromatic rings. The fourth-order valence-electron chi connectivity index (χ4n) is 1.93. The van der Waals surface area contributed by atoms with Crippen LogP contribution in [0.15, 0.2) is 27.3 Å². The first-order valence-electron chi connectivity index (χ1n) is 5.52. The molecule has 0 aliphatic carbocycles. The van der Waals surface area contributed by atoms with Crippen LogP contribution in [0.3, 0.4) is 0 Å². The number of nitrogens with zero attached hydrogens (tertiary/aromatic N) is 2. The number of likely N-dealkylation sites (N-methyl/N-ethyl adjacent to an activating group) is 1. The number of nitrogens with one attached hydrogen (secondary N) is 1. The van der Waals surface area contributed by atoms with Crippen molar-refractivity contribution in [3.8, 4) is 0 Å². The molecule has 0 radical (unpaired) electrons. The summed E-state index contributed by atoms with van der Waals surface area (Å²) in [6.45, 7) is 1.99. The van der Waals surface area contributed by atoms with Gasteiger partial charge in [-0.05, 0) is 42.0 Å². The highest BCUT2D eigenvalue weighted by Crippen LogP contribution is 2.25. The van der Waals surface area contributed by atoms with Gasteiger partial charge in [-0.3, -0.25) is 4.68 Å². The predicted octanol–water partition coefficient (Wildman–Crippen LogP) is 2.59. The molecule has 0 spiro atoms. The molecule has 0 aliphatic heterocycles. The van der Waals surface area contributed by atoms with Crippen molar-refractivity contribution in [3.05, 3.63) is 40.0 Å². The lowest BCUT2D eigenvalue weighted by Gasteiger charge is -2.14. The molecule has 0 aromatic carbocycles. The van der Waals surface area contributed by atoms with Gasteiger partial charge in [0.15, 0.2) is 0 Å². The van der Waals surface area contributed by atoms with Crippen molar-refractivity contribution in [2.24, 2.45) is 7.05 Å². The molecule has 0 saturated carbocycles. The minimum atomic E-state index is 0.163. The van der Waals surface area contributed by atoms with Crippen molar-refractivity contribution in [1.82, 2.24) is 15.1 Å². The van der Waals surface area contributed by atoms with E-state index in [9.17, 15) is 0 Å². The summed E-state index contributed by atoms with van der Waals surface area (Å²) in [7, 11) is 3.90. The molecule has 2 rings (SSSR count). The Bertz CT molecular complexity index is 490. The largest absolute Gasteiger partial charge is 0.468 e. The van der Waals surface area contributed by atoms with Gasteiger partial charge in [-0.15, -0.1) is 0 Å². The summed E-state index contributed by atoms with van der Waals surface area (Å²) in [6.07, 6.45) is 2.53. The minimum Gasteiger partial charge on any atom is -0.468 e. The monoisotopic (exact) mass is 297 g/mol. The van der Waals surface area contributed by atoms with Gasteiger partial charge >= 0.3 is 0 Å². The maximum absolute atomic E-state index is 5.44. The predicted molar refractivity (Wildman–Crippen MR) is 69.9 cm³/mol. The third kappa shape index (κ3) is 2.45. The van der Waals surface area contributed by atoms with Crippen molar-refractivity contribution >= 4 is 15.9 Å². The summed E-state index contributed by atoms with van der Waals surface area (Å²) in [5.74, 6) is 0.943. The van der Waals surface area contributed by atoms with Crippen LogP contribution < -0.4 is 5.32 Å². The molecule has 0 fully saturated rings. The Balaban J connectivity index is 2.24. The maximum Gasteiger partial charge on any atom is 0.121 e. The standard InChI is InChI=1S/C12H16BrN3O/c1-8-12(13)10(16(3)15-8)7-9(14-2)11-5-4-6-17-11/h4-6,9,14H,7H2,1-3H3. The van der Waals surface area contributed by atoms with Gasteiger partial charge in [-0.25, -0.2) is 0 Å². The van der Waals surface area contributed by atoms with Gasteiger partial charge in [0.2, 0.25) is 0 Å². The van der Waals surface area contributed by atoms with E-state index in [1.54, 1.807) is 6.26 Å². The van der Waals surface area contributed by atoms with Crippen LogP contribution in [-0.4, -0.2) is 16.8 Å². The van der Waals surface area contributed by atoms with Crippen LogP contribution in [-0.2, 0) is 13.5 Å². The van der Waals surface area contributed by atoms with Crippen molar-refractivity contribution in [3.63, 3.8) is 0 Å². The number of rotatable bonds is 4. The molecule has 2 heterocycles. The molecule has 0 saturated heterocycles. The van der Waals surface area contributed by atoms with Crippen molar-refractivity contribution in [2.45, 2.75) is 19.4 Å². The van der Waals surface area contributed by atoms with Crippen LogP contribution >= 0.6 is 15.9 Å². The van der Waals surface area contributed by atoms with E-state index in [0.29, 0.717) is 0 Å². The topological polar surface area (TPSA) is 43.0 Å². The van der Waals surface area contributed by atoms with E-state index in [0.717, 1.165) is 22.3 Å². The first-order valence-corrected chi connectivity index (χ1v) is 6.31. The van der Waals surface area contributed by atoms with Gasteiger partial charge in [-0.1, -0.05) is 0 Å². The van der Waals surface area contributed by atoms with Crippen LogP contribution in [0.1, 0.15) is 23.2 Å². The zero-order valence-corrected chi connectivity index (χ0v) is 11.8. The minimum absolute atomic E-state index is 0.163. The first-order chi connectivity index (χ1) is 8.13. The number of aromatic nitrogens is 2. The summed E-state index contributed by atoms with van der Waals surface area (Å²) in [6, 6.07) is 4.05. The second kappa shape index (κ2) is 5.06. The number of furan rings is 1. The lowest BCUT2D eigenvalue weighted by Crippen LogP contribution is -2.19. The molecule has 92 valence electrons. The Hall–Kier alpha value is -1.07. The first kappa shape index (κ1) is 12.4. The SMILES string of the molecule is CNC(Cc1c(Br)c(C)nn1C)c1ccco1. The van der Waals surface area contributed by atoms with Gasteiger partial charge in [0.1, 0.15) is 5.76 Å². The zero-order chi connectivity index (χ0) is 12.4. The van der Waals surface area contributed by atoms with Crippen molar-refractivity contribution < 1.29 is 4.42 Å². The molecule has 1 atom stereocenters. The summed E-state index contributed by atoms with van der Waals surface area (Å²) >= 11 is 3.58. The molecule has 1 N–H and O–H groups in total. The molecule has 2 aromatic heterocycles. The third-order valence-corrected chi connectivity index (χ3v) is 3.93. The zero-order valence-electron chi connectivity index (χ0n) is 10.2. The van der Waals surface area contributed by atoms with E-state index in [-0.39, 0.29) is 6.04 Å². The smallest absolute Gasteiger partial charge is 0.121 e.